The molecule has 7 amide bonds. The molecule has 4 aromatic rings. The maximum Gasteiger partial charge on any atom is 0.251 e. The Morgan fingerprint density at radius 3 is 1.83 bits per heavy atom. The van der Waals surface area contributed by atoms with E-state index in [0.717, 1.165) is 52.2 Å². The molecule has 0 saturated carbocycles. The second kappa shape index (κ2) is 27.3. The van der Waals surface area contributed by atoms with Crippen LogP contribution in [0.2, 0.25) is 0 Å². The van der Waals surface area contributed by atoms with Crippen LogP contribution in [0, 0.1) is 5.92 Å². The van der Waals surface area contributed by atoms with Gasteiger partial charge in [-0.05, 0) is 129 Å². The van der Waals surface area contributed by atoms with Gasteiger partial charge in [0.05, 0.1) is 24.9 Å². The summed E-state index contributed by atoms with van der Waals surface area (Å²) >= 11 is 0. The van der Waals surface area contributed by atoms with Gasteiger partial charge in [0, 0.05) is 31.6 Å². The van der Waals surface area contributed by atoms with Gasteiger partial charge in [0.1, 0.15) is 47.8 Å². The number of phenolic OH excluding ortho intramolecular Hbond substituents is 1. The van der Waals surface area contributed by atoms with Crippen molar-refractivity contribution in [2.45, 2.75) is 133 Å². The van der Waals surface area contributed by atoms with Gasteiger partial charge < -0.3 is 67.3 Å². The van der Waals surface area contributed by atoms with Gasteiger partial charge in [-0.1, -0.05) is 80.4 Å². The van der Waals surface area contributed by atoms with Crippen molar-refractivity contribution in [1.29, 1.82) is 0 Å². The molecule has 0 aliphatic carbocycles. The van der Waals surface area contributed by atoms with Crippen molar-refractivity contribution < 1.29 is 58.7 Å². The molecule has 10 atom stereocenters. The number of rotatable bonds is 15. The molecule has 20 nitrogen and oxygen atoms in total. The number of hydrogen-bond donors (Lipinski definition) is 10. The largest absolute Gasteiger partial charge is 0.508 e. The summed E-state index contributed by atoms with van der Waals surface area (Å²) in [5, 5.41) is 56.2. The van der Waals surface area contributed by atoms with Crippen LogP contribution >= 0.6 is 0 Å². The summed E-state index contributed by atoms with van der Waals surface area (Å²) in [5.41, 5.74) is 10.7. The fraction of sp³-hybridized carbons (Fsp3) is 0.466. The molecule has 3 saturated heterocycles. The highest BCUT2D eigenvalue weighted by Gasteiger charge is 2.46. The fourth-order valence-corrected chi connectivity index (χ4v) is 10.1. The number of nitrogens with zero attached hydrogens (tertiary/aromatic N) is 2. The molecule has 6 unspecified atom stereocenters. The van der Waals surface area contributed by atoms with Crippen LogP contribution in [0.1, 0.15) is 88.1 Å². The zero-order valence-corrected chi connectivity index (χ0v) is 44.4. The Hall–Kier alpha value is -7.39. The SMILES string of the molecule is CCCCCOc1ccc(-c2ccc(-c3ccc(C(=O)NC4CCCNC(=O)C5C[C@H](CN)CN5C(=O)C([C@@H](C)O)NC(=O)C(CCc5ccc(O)cc5)NC(=O)C5C[C@@H](O)CN5C(=O)C([C@@H](C)O)NC4=O)cc3)cc2)cc1. The van der Waals surface area contributed by atoms with Gasteiger partial charge in [-0.15, -0.1) is 0 Å². The number of nitrogens with two attached hydrogens (primary N) is 1. The number of unbranched alkanes of at least 4 members (excludes halogenated alkanes) is 2. The lowest BCUT2D eigenvalue weighted by Gasteiger charge is -2.32. The molecule has 0 bridgehead atoms. The Morgan fingerprint density at radius 2 is 1.26 bits per heavy atom. The molecule has 418 valence electrons. The molecule has 3 aliphatic rings. The zero-order valence-electron chi connectivity index (χ0n) is 44.4. The molecular formula is C58H74N8O12. The average molecular weight is 1080 g/mol. The second-order valence-corrected chi connectivity index (χ2v) is 20.7. The minimum Gasteiger partial charge on any atom is -0.508 e. The lowest BCUT2D eigenvalue weighted by atomic mass is 9.99. The first-order valence-corrected chi connectivity index (χ1v) is 27.0. The van der Waals surface area contributed by atoms with Gasteiger partial charge in [0.2, 0.25) is 35.4 Å². The third-order valence-corrected chi connectivity index (χ3v) is 14.7. The summed E-state index contributed by atoms with van der Waals surface area (Å²) in [4.78, 5) is 102. The second-order valence-electron chi connectivity index (χ2n) is 20.7. The number of aromatic hydroxyl groups is 1. The van der Waals surface area contributed by atoms with Crippen LogP contribution in [0.15, 0.2) is 97.1 Å². The normalized spacial score (nSPS) is 24.6. The fourth-order valence-electron chi connectivity index (χ4n) is 10.1. The standard InChI is InChI=1S/C58H74N8O12/c1-4-5-6-28-78-45-24-20-41(21-25-45)39-14-12-38(13-15-39)40-16-18-42(19-17-40)52(71)61-46-8-7-27-60-55(74)48-29-37(31-59)32-65(48)57(76)50(34(2)67)64-54(73)47(26-11-36-9-22-43(69)23-10-36)62-56(75)49-30-44(70)33-66(49)58(77)51(35(3)68)63-53(46)72/h9-10,12-25,34-35,37,44,46-51,67-70H,4-8,11,26-33,59H2,1-3H3,(H,60,74)(H,61,71)(H,62,75)(H,63,72)(H,64,73)/t34-,35-,37-,44-,46?,47?,48?,49?,50?,51?/m1/s1. The van der Waals surface area contributed by atoms with Crippen molar-refractivity contribution in [3.05, 3.63) is 108 Å². The van der Waals surface area contributed by atoms with Crippen LogP contribution in [0.5, 0.6) is 11.5 Å². The Kier molecular flexibility index (Phi) is 20.4. The van der Waals surface area contributed by atoms with Gasteiger partial charge in [0.15, 0.2) is 0 Å². The van der Waals surface area contributed by atoms with Gasteiger partial charge >= 0.3 is 0 Å². The highest BCUT2D eigenvalue weighted by Crippen LogP contribution is 2.29. The quantitative estimate of drug-likeness (QED) is 0.0766. The number of hydrogen-bond acceptors (Lipinski definition) is 13. The van der Waals surface area contributed by atoms with Crippen LogP contribution in [0.3, 0.4) is 0 Å². The van der Waals surface area contributed by atoms with Gasteiger partial charge in [-0.2, -0.15) is 0 Å². The number of carbonyl (C=O) groups excluding carboxylic acids is 7. The van der Waals surface area contributed by atoms with E-state index >= 15 is 0 Å². The molecule has 3 fully saturated rings. The summed E-state index contributed by atoms with van der Waals surface area (Å²) in [7, 11) is 0. The molecule has 0 spiro atoms. The molecule has 20 heteroatoms. The highest BCUT2D eigenvalue weighted by molar-refractivity contribution is 6.00. The third kappa shape index (κ3) is 15.0. The zero-order chi connectivity index (χ0) is 56.0. The van der Waals surface area contributed by atoms with Gasteiger partial charge in [0.25, 0.3) is 5.91 Å². The lowest BCUT2D eigenvalue weighted by Crippen LogP contribution is -2.61. The summed E-state index contributed by atoms with van der Waals surface area (Å²) in [6.07, 6.45) is -0.961. The number of aryl methyl sites for hydroxylation is 1. The van der Waals surface area contributed by atoms with Crippen molar-refractivity contribution >= 4 is 41.4 Å². The number of aliphatic hydroxyl groups is 3. The van der Waals surface area contributed by atoms with Crippen LogP contribution in [0.4, 0.5) is 0 Å². The van der Waals surface area contributed by atoms with Gasteiger partial charge in [-0.25, -0.2) is 0 Å². The molecule has 3 aliphatic heterocycles. The van der Waals surface area contributed by atoms with Crippen molar-refractivity contribution in [3.8, 4) is 33.8 Å². The van der Waals surface area contributed by atoms with E-state index in [0.29, 0.717) is 12.2 Å². The molecule has 0 radical (unpaired) electrons. The van der Waals surface area contributed by atoms with E-state index < -0.39 is 95.9 Å². The Balaban J connectivity index is 1.12. The monoisotopic (exact) mass is 1070 g/mol. The number of nitrogens with one attached hydrogen (secondary N) is 5. The first-order chi connectivity index (χ1) is 37.4. The maximum atomic E-state index is 14.4. The first-order valence-electron chi connectivity index (χ1n) is 27.0. The number of aliphatic hydroxyl groups excluding tert-OH is 3. The van der Waals surface area contributed by atoms with Crippen LogP contribution in [-0.2, 0) is 35.2 Å². The molecule has 7 rings (SSSR count). The van der Waals surface area contributed by atoms with E-state index in [1.54, 1.807) is 36.4 Å². The number of benzene rings is 4. The molecule has 4 aromatic carbocycles. The van der Waals surface area contributed by atoms with Gasteiger partial charge in [-0.3, -0.25) is 33.6 Å². The molecule has 3 heterocycles. The number of amides is 7. The van der Waals surface area contributed by atoms with Crippen LogP contribution in [0.25, 0.3) is 22.3 Å². The van der Waals surface area contributed by atoms with E-state index in [1.165, 1.54) is 30.9 Å². The van der Waals surface area contributed by atoms with E-state index in [-0.39, 0.29) is 81.9 Å². The number of carbonyl (C=O) groups is 7. The van der Waals surface area contributed by atoms with E-state index in [1.807, 2.05) is 48.5 Å². The van der Waals surface area contributed by atoms with Crippen molar-refractivity contribution in [2.75, 3.05) is 32.8 Å². The Bertz CT molecular complexity index is 2700. The lowest BCUT2D eigenvalue weighted by molar-refractivity contribution is -0.145. The highest BCUT2D eigenvalue weighted by atomic mass is 16.5. The van der Waals surface area contributed by atoms with E-state index in [2.05, 4.69) is 33.5 Å². The minimum atomic E-state index is -1.68. The number of fused-ring (bicyclic) bond motifs is 2. The smallest absolute Gasteiger partial charge is 0.251 e. The average Bonchev–Trinajstić information content (AvgIpc) is 4.10. The Labute approximate surface area is 454 Å². The summed E-state index contributed by atoms with van der Waals surface area (Å²) in [6, 6.07) is 20.4. The number of ether oxygens (including phenoxy) is 1. The minimum absolute atomic E-state index is 0.00517. The first kappa shape index (κ1) is 58.3. The molecule has 0 aromatic heterocycles. The maximum absolute atomic E-state index is 14.4. The summed E-state index contributed by atoms with van der Waals surface area (Å²) < 4.78 is 5.86. The van der Waals surface area contributed by atoms with Crippen molar-refractivity contribution in [1.82, 2.24) is 36.4 Å². The summed E-state index contributed by atoms with van der Waals surface area (Å²) in [6.45, 7) is 5.16. The Morgan fingerprint density at radius 1 is 0.705 bits per heavy atom. The summed E-state index contributed by atoms with van der Waals surface area (Å²) in [5.74, 6) is -4.96. The third-order valence-electron chi connectivity index (χ3n) is 14.7. The topological polar surface area (TPSA) is 302 Å². The number of phenols is 1. The van der Waals surface area contributed by atoms with Crippen LogP contribution < -0.4 is 37.1 Å². The molecular weight excluding hydrogens is 1000 g/mol. The molecule has 11 N–H and O–H groups in total. The van der Waals surface area contributed by atoms with E-state index in [4.69, 9.17) is 10.5 Å². The molecule has 78 heavy (non-hydrogen) atoms. The van der Waals surface area contributed by atoms with E-state index in [9.17, 15) is 54.0 Å². The predicted molar refractivity (Wildman–Crippen MR) is 290 cm³/mol. The van der Waals surface area contributed by atoms with Crippen LogP contribution in [-0.4, -0.2) is 159 Å². The van der Waals surface area contributed by atoms with Crippen molar-refractivity contribution in [3.63, 3.8) is 0 Å². The predicted octanol–water partition coefficient (Wildman–Crippen LogP) is 2.29. The van der Waals surface area contributed by atoms with Crippen molar-refractivity contribution in [2.24, 2.45) is 11.7 Å².